The normalized spacial score (nSPS) is 23.8. The van der Waals surface area contributed by atoms with Crippen LogP contribution in [0.1, 0.15) is 17.9 Å². The first-order valence-electron chi connectivity index (χ1n) is 10.7. The number of amides is 3. The first kappa shape index (κ1) is 20.0. The number of hydrogen-bond acceptors (Lipinski definition) is 4. The molecule has 4 heterocycles. The SMILES string of the molecule is O=C1CO[C@H]2CCN(C(=O)N3CC(c4ccc(-c5cnn(CCF)c5)cc4)C3)C[C@H]2N1. The zero-order chi connectivity index (χ0) is 21.4. The third-order valence-corrected chi connectivity index (χ3v) is 6.41. The van der Waals surface area contributed by atoms with Crippen molar-refractivity contribution in [1.82, 2.24) is 24.9 Å². The molecule has 1 aromatic heterocycles. The average Bonchev–Trinajstić information content (AvgIpc) is 3.21. The summed E-state index contributed by atoms with van der Waals surface area (Å²) < 4.78 is 19.6. The minimum atomic E-state index is -0.433. The van der Waals surface area contributed by atoms with Crippen molar-refractivity contribution >= 4 is 11.9 Å². The Labute approximate surface area is 179 Å². The van der Waals surface area contributed by atoms with Crippen LogP contribution in [-0.4, -0.2) is 83.1 Å². The molecule has 3 aliphatic rings. The molecule has 0 spiro atoms. The highest BCUT2D eigenvalue weighted by Gasteiger charge is 2.40. The molecule has 2 atom stereocenters. The molecule has 164 valence electrons. The van der Waals surface area contributed by atoms with E-state index in [-0.39, 0.29) is 37.2 Å². The van der Waals surface area contributed by atoms with E-state index in [9.17, 15) is 14.0 Å². The van der Waals surface area contributed by atoms with Crippen LogP contribution in [0.5, 0.6) is 0 Å². The number of carbonyl (C=O) groups is 2. The van der Waals surface area contributed by atoms with Crippen molar-refractivity contribution in [2.45, 2.75) is 31.0 Å². The maximum Gasteiger partial charge on any atom is 0.320 e. The molecular formula is C22H26FN5O3. The summed E-state index contributed by atoms with van der Waals surface area (Å²) in [5.41, 5.74) is 3.21. The van der Waals surface area contributed by atoms with Crippen LogP contribution in [-0.2, 0) is 16.1 Å². The standard InChI is InChI=1S/C22H26FN5O3/c23-6-8-28-12-17(9-24-28)15-1-3-16(4-2-15)18-10-27(11-18)22(30)26-7-5-20-19(13-26)25-21(29)14-31-20/h1-4,9,12,18-20H,5-8,10-11,13-14H2,(H,25,29)/t19-,20+/m1/s1. The summed E-state index contributed by atoms with van der Waals surface area (Å²) in [5.74, 6) is 0.209. The van der Waals surface area contributed by atoms with Crippen LogP contribution in [0.2, 0.25) is 0 Å². The highest BCUT2D eigenvalue weighted by molar-refractivity contribution is 5.79. The first-order chi connectivity index (χ1) is 15.1. The van der Waals surface area contributed by atoms with E-state index >= 15 is 0 Å². The summed E-state index contributed by atoms with van der Waals surface area (Å²) >= 11 is 0. The molecule has 31 heavy (non-hydrogen) atoms. The van der Waals surface area contributed by atoms with E-state index in [1.807, 2.05) is 28.1 Å². The van der Waals surface area contributed by atoms with Crippen molar-refractivity contribution in [2.24, 2.45) is 0 Å². The second-order valence-electron chi connectivity index (χ2n) is 8.45. The van der Waals surface area contributed by atoms with Crippen LogP contribution >= 0.6 is 0 Å². The Balaban J connectivity index is 1.15. The number of alkyl halides is 1. The summed E-state index contributed by atoms with van der Waals surface area (Å²) in [5, 5.41) is 7.11. The van der Waals surface area contributed by atoms with E-state index in [1.165, 1.54) is 5.56 Å². The Morgan fingerprint density at radius 1 is 1.16 bits per heavy atom. The van der Waals surface area contributed by atoms with E-state index in [4.69, 9.17) is 4.74 Å². The molecule has 9 heteroatoms. The number of rotatable bonds is 4. The molecular weight excluding hydrogens is 401 g/mol. The number of hydrogen-bond donors (Lipinski definition) is 1. The van der Waals surface area contributed by atoms with Gasteiger partial charge >= 0.3 is 6.03 Å². The van der Waals surface area contributed by atoms with Crippen LogP contribution in [0.3, 0.4) is 0 Å². The molecule has 0 bridgehead atoms. The van der Waals surface area contributed by atoms with Crippen molar-refractivity contribution in [3.63, 3.8) is 0 Å². The lowest BCUT2D eigenvalue weighted by Crippen LogP contribution is -2.63. The number of ether oxygens (including phenoxy) is 1. The van der Waals surface area contributed by atoms with Crippen LogP contribution in [0.4, 0.5) is 9.18 Å². The zero-order valence-electron chi connectivity index (χ0n) is 17.2. The molecule has 3 saturated heterocycles. The van der Waals surface area contributed by atoms with Gasteiger partial charge in [0.05, 0.1) is 24.9 Å². The van der Waals surface area contributed by atoms with Gasteiger partial charge in [0.15, 0.2) is 0 Å². The van der Waals surface area contributed by atoms with Gasteiger partial charge in [-0.05, 0) is 17.5 Å². The average molecular weight is 427 g/mol. The number of aromatic nitrogens is 2. The number of likely N-dealkylation sites (tertiary alicyclic amines) is 2. The number of urea groups is 1. The van der Waals surface area contributed by atoms with Crippen molar-refractivity contribution in [2.75, 3.05) is 39.5 Å². The van der Waals surface area contributed by atoms with Crippen LogP contribution in [0, 0.1) is 0 Å². The van der Waals surface area contributed by atoms with Crippen LogP contribution < -0.4 is 5.32 Å². The fraction of sp³-hybridized carbons (Fsp3) is 0.500. The Morgan fingerprint density at radius 3 is 2.74 bits per heavy atom. The molecule has 3 fully saturated rings. The largest absolute Gasteiger partial charge is 0.366 e. The fourth-order valence-corrected chi connectivity index (χ4v) is 4.59. The number of nitrogens with zero attached hydrogens (tertiary/aromatic N) is 4. The predicted molar refractivity (Wildman–Crippen MR) is 111 cm³/mol. The molecule has 8 nitrogen and oxygen atoms in total. The summed E-state index contributed by atoms with van der Waals surface area (Å²) in [4.78, 5) is 28.1. The molecule has 3 amide bonds. The fourth-order valence-electron chi connectivity index (χ4n) is 4.59. The highest BCUT2D eigenvalue weighted by Crippen LogP contribution is 2.30. The summed E-state index contributed by atoms with van der Waals surface area (Å²) in [6.07, 6.45) is 4.35. The summed E-state index contributed by atoms with van der Waals surface area (Å²) in [7, 11) is 0. The lowest BCUT2D eigenvalue weighted by Gasteiger charge is -2.46. The number of nitrogens with one attached hydrogen (secondary N) is 1. The summed E-state index contributed by atoms with van der Waals surface area (Å²) in [6.45, 7) is 2.49. The Kier molecular flexibility index (Phi) is 5.35. The molecule has 0 radical (unpaired) electrons. The van der Waals surface area contributed by atoms with Gasteiger partial charge in [0.25, 0.3) is 0 Å². The van der Waals surface area contributed by atoms with Gasteiger partial charge in [-0.3, -0.25) is 9.48 Å². The van der Waals surface area contributed by atoms with Gasteiger partial charge in [-0.15, -0.1) is 0 Å². The van der Waals surface area contributed by atoms with Crippen LogP contribution in [0.25, 0.3) is 11.1 Å². The minimum absolute atomic E-state index is 0.00785. The number of benzene rings is 1. The lowest BCUT2D eigenvalue weighted by molar-refractivity contribution is -0.139. The van der Waals surface area contributed by atoms with E-state index in [1.54, 1.807) is 10.9 Å². The molecule has 1 aromatic carbocycles. The molecule has 2 aromatic rings. The third kappa shape index (κ3) is 4.01. The number of morpholine rings is 1. The van der Waals surface area contributed by atoms with Gasteiger partial charge in [-0.1, -0.05) is 24.3 Å². The van der Waals surface area contributed by atoms with E-state index < -0.39 is 6.67 Å². The first-order valence-corrected chi connectivity index (χ1v) is 10.7. The van der Waals surface area contributed by atoms with Gasteiger partial charge in [0.2, 0.25) is 5.91 Å². The van der Waals surface area contributed by atoms with Crippen molar-refractivity contribution in [3.05, 3.63) is 42.2 Å². The topological polar surface area (TPSA) is 79.7 Å². The number of fused-ring (bicyclic) bond motifs is 1. The Hall–Kier alpha value is -2.94. The number of halogens is 1. The monoisotopic (exact) mass is 427 g/mol. The number of aryl methyl sites for hydroxylation is 1. The molecule has 0 unspecified atom stereocenters. The molecule has 0 aliphatic carbocycles. The van der Waals surface area contributed by atoms with E-state index in [0.29, 0.717) is 32.1 Å². The minimum Gasteiger partial charge on any atom is -0.366 e. The van der Waals surface area contributed by atoms with Crippen LogP contribution in [0.15, 0.2) is 36.7 Å². The smallest absolute Gasteiger partial charge is 0.320 e. The number of carbonyl (C=O) groups excluding carboxylic acids is 2. The quantitative estimate of drug-likeness (QED) is 0.805. The third-order valence-electron chi connectivity index (χ3n) is 6.41. The Morgan fingerprint density at radius 2 is 1.97 bits per heavy atom. The zero-order valence-corrected chi connectivity index (χ0v) is 17.2. The van der Waals surface area contributed by atoms with Crippen molar-refractivity contribution < 1.29 is 18.7 Å². The molecule has 3 aliphatic heterocycles. The Bertz CT molecular complexity index is 956. The summed E-state index contributed by atoms with van der Waals surface area (Å²) in [6, 6.07) is 8.20. The maximum atomic E-state index is 12.9. The van der Waals surface area contributed by atoms with E-state index in [2.05, 4.69) is 22.5 Å². The number of piperidine rings is 1. The van der Waals surface area contributed by atoms with Gasteiger partial charge in [-0.2, -0.15) is 5.10 Å². The second-order valence-corrected chi connectivity index (χ2v) is 8.45. The lowest BCUT2D eigenvalue weighted by atomic mass is 9.90. The van der Waals surface area contributed by atoms with Crippen molar-refractivity contribution in [3.8, 4) is 11.1 Å². The van der Waals surface area contributed by atoms with Crippen molar-refractivity contribution in [1.29, 1.82) is 0 Å². The second kappa shape index (κ2) is 8.30. The van der Waals surface area contributed by atoms with E-state index in [0.717, 1.165) is 17.5 Å². The maximum absolute atomic E-state index is 12.9. The van der Waals surface area contributed by atoms with Gasteiger partial charge in [-0.25, -0.2) is 9.18 Å². The highest BCUT2D eigenvalue weighted by atomic mass is 19.1. The van der Waals surface area contributed by atoms with Gasteiger partial charge in [0, 0.05) is 43.9 Å². The van der Waals surface area contributed by atoms with Gasteiger partial charge < -0.3 is 19.9 Å². The molecule has 0 saturated carbocycles. The predicted octanol–water partition coefficient (Wildman–Crippen LogP) is 1.63. The molecule has 1 N–H and O–H groups in total. The van der Waals surface area contributed by atoms with Gasteiger partial charge in [0.1, 0.15) is 13.3 Å². The molecule has 5 rings (SSSR count).